The maximum atomic E-state index is 12.5. The van der Waals surface area contributed by atoms with Crippen LogP contribution in [0.4, 0.5) is 0 Å². The Morgan fingerprint density at radius 2 is 1.28 bits per heavy atom. The second-order valence-electron chi connectivity index (χ2n) is 6.12. The van der Waals surface area contributed by atoms with Gasteiger partial charge < -0.3 is 9.47 Å². The van der Waals surface area contributed by atoms with Crippen molar-refractivity contribution < 1.29 is 19.1 Å². The molecule has 0 saturated carbocycles. The van der Waals surface area contributed by atoms with Gasteiger partial charge in [-0.1, -0.05) is 32.6 Å². The summed E-state index contributed by atoms with van der Waals surface area (Å²) >= 11 is 0. The van der Waals surface area contributed by atoms with Crippen LogP contribution in [0.3, 0.4) is 0 Å². The average Bonchev–Trinajstić information content (AvgIpc) is 2.54. The number of unbranched alkanes of at least 4 members (excludes halogenated alkanes) is 4. The van der Waals surface area contributed by atoms with Gasteiger partial charge >= 0.3 is 11.9 Å². The molecule has 1 aromatic heterocycles. The molecule has 1 aromatic rings. The number of carbonyl (C=O) groups excluding carboxylic acids is 2. The topological polar surface area (TPSA) is 65.5 Å². The molecule has 0 radical (unpaired) electrons. The first-order valence-electron chi connectivity index (χ1n) is 9.32. The van der Waals surface area contributed by atoms with Crippen LogP contribution in [-0.2, 0) is 15.9 Å². The summed E-state index contributed by atoms with van der Waals surface area (Å²) in [4.78, 5) is 29.3. The lowest BCUT2D eigenvalue weighted by atomic mass is 9.93. The maximum absolute atomic E-state index is 12.5. The zero-order chi connectivity index (χ0) is 18.8. The van der Waals surface area contributed by atoms with E-state index in [0.717, 1.165) is 24.8 Å². The molecule has 5 nitrogen and oxygen atoms in total. The number of aromatic nitrogens is 1. The number of pyridine rings is 1. The van der Waals surface area contributed by atoms with Crippen molar-refractivity contribution in [1.29, 1.82) is 0 Å². The summed E-state index contributed by atoms with van der Waals surface area (Å²) in [6.07, 6.45) is 6.17. The summed E-state index contributed by atoms with van der Waals surface area (Å²) in [5, 5.41) is 0. The van der Waals surface area contributed by atoms with Gasteiger partial charge in [-0.3, -0.25) is 4.98 Å². The van der Waals surface area contributed by atoms with E-state index >= 15 is 0 Å². The van der Waals surface area contributed by atoms with Crippen LogP contribution in [0.25, 0.3) is 0 Å². The minimum absolute atomic E-state index is 0.289. The quantitative estimate of drug-likeness (QED) is 0.457. The first-order chi connectivity index (χ1) is 12.0. The summed E-state index contributed by atoms with van der Waals surface area (Å²) in [5.41, 5.74) is 2.77. The summed E-state index contributed by atoms with van der Waals surface area (Å²) in [5.74, 6) is -0.830. The van der Waals surface area contributed by atoms with Crippen LogP contribution >= 0.6 is 0 Å². The van der Waals surface area contributed by atoms with E-state index in [9.17, 15) is 9.59 Å². The van der Waals surface area contributed by atoms with Crippen LogP contribution in [0.15, 0.2) is 0 Å². The minimum atomic E-state index is -0.415. The Kier molecular flexibility index (Phi) is 9.17. The lowest BCUT2D eigenvalue weighted by molar-refractivity contribution is 0.0520. The molecule has 0 fully saturated rings. The molecule has 1 rings (SSSR count). The number of hydrogen-bond donors (Lipinski definition) is 0. The third-order valence-corrected chi connectivity index (χ3v) is 4.15. The van der Waals surface area contributed by atoms with Crippen LogP contribution < -0.4 is 0 Å². The van der Waals surface area contributed by atoms with Gasteiger partial charge in [0, 0.05) is 0 Å². The smallest absolute Gasteiger partial charge is 0.340 e. The Bertz CT molecular complexity index is 554. The predicted octanol–water partition coefficient (Wildman–Crippen LogP) is 4.56. The fraction of sp³-hybridized carbons (Fsp3) is 0.650. The van der Waals surface area contributed by atoms with E-state index in [4.69, 9.17) is 9.47 Å². The predicted molar refractivity (Wildman–Crippen MR) is 98.1 cm³/mol. The lowest BCUT2D eigenvalue weighted by Gasteiger charge is -2.17. The molecule has 5 heteroatoms. The first-order valence-corrected chi connectivity index (χ1v) is 9.32. The van der Waals surface area contributed by atoms with Gasteiger partial charge in [0.15, 0.2) is 0 Å². The summed E-state index contributed by atoms with van der Waals surface area (Å²) in [7, 11) is 0. The second-order valence-corrected chi connectivity index (χ2v) is 6.12. The van der Waals surface area contributed by atoms with E-state index in [2.05, 4.69) is 11.9 Å². The van der Waals surface area contributed by atoms with Crippen molar-refractivity contribution in [2.75, 3.05) is 13.2 Å². The number of esters is 2. The van der Waals surface area contributed by atoms with Gasteiger partial charge in [-0.05, 0) is 46.1 Å². The van der Waals surface area contributed by atoms with Crippen molar-refractivity contribution in [2.45, 2.75) is 73.1 Å². The Morgan fingerprint density at radius 1 is 0.800 bits per heavy atom. The number of hydrogen-bond acceptors (Lipinski definition) is 5. The van der Waals surface area contributed by atoms with Crippen LogP contribution in [0.2, 0.25) is 0 Å². The SMILES string of the molecule is CCCCCCCc1c(C(=O)OCC)c(C)nc(C)c1C(=O)OCC. The monoisotopic (exact) mass is 349 g/mol. The molecular weight excluding hydrogens is 318 g/mol. The number of aryl methyl sites for hydroxylation is 2. The van der Waals surface area contributed by atoms with Gasteiger partial charge in [-0.2, -0.15) is 0 Å². The fourth-order valence-electron chi connectivity index (χ4n) is 3.03. The number of ether oxygens (including phenoxy) is 2. The van der Waals surface area contributed by atoms with Crippen LogP contribution in [-0.4, -0.2) is 30.1 Å². The highest BCUT2D eigenvalue weighted by molar-refractivity contribution is 5.99. The molecule has 140 valence electrons. The Morgan fingerprint density at radius 3 is 1.72 bits per heavy atom. The Balaban J connectivity index is 3.26. The molecule has 1 heterocycles. The molecule has 0 atom stereocenters. The molecule has 0 aliphatic heterocycles. The van der Waals surface area contributed by atoms with E-state index in [1.807, 2.05) is 0 Å². The minimum Gasteiger partial charge on any atom is -0.462 e. The number of rotatable bonds is 10. The average molecular weight is 349 g/mol. The largest absolute Gasteiger partial charge is 0.462 e. The van der Waals surface area contributed by atoms with Crippen molar-refractivity contribution in [3.05, 3.63) is 28.1 Å². The van der Waals surface area contributed by atoms with Gasteiger partial charge in [0.05, 0.1) is 35.7 Å². The molecule has 0 aliphatic carbocycles. The van der Waals surface area contributed by atoms with Gasteiger partial charge in [-0.15, -0.1) is 0 Å². The van der Waals surface area contributed by atoms with Crippen LogP contribution in [0.1, 0.15) is 90.5 Å². The van der Waals surface area contributed by atoms with E-state index in [0.29, 0.717) is 28.9 Å². The normalized spacial score (nSPS) is 10.6. The molecule has 0 aromatic carbocycles. The standard InChI is InChI=1S/C20H31NO4/c1-6-9-10-11-12-13-16-17(19(22)24-7-2)14(4)21-15(5)18(16)20(23)25-8-3/h6-13H2,1-5H3. The maximum Gasteiger partial charge on any atom is 0.340 e. The molecule has 25 heavy (non-hydrogen) atoms. The third kappa shape index (κ3) is 5.83. The van der Waals surface area contributed by atoms with Gasteiger partial charge in [0.1, 0.15) is 0 Å². The second kappa shape index (κ2) is 10.9. The molecular formula is C20H31NO4. The highest BCUT2D eigenvalue weighted by atomic mass is 16.5. The Hall–Kier alpha value is -1.91. The molecule has 0 spiro atoms. The molecule has 0 bridgehead atoms. The van der Waals surface area contributed by atoms with Crippen molar-refractivity contribution >= 4 is 11.9 Å². The molecule has 0 N–H and O–H groups in total. The number of carbonyl (C=O) groups is 2. The van der Waals surface area contributed by atoms with Crippen molar-refractivity contribution in [2.24, 2.45) is 0 Å². The van der Waals surface area contributed by atoms with Crippen molar-refractivity contribution in [3.63, 3.8) is 0 Å². The van der Waals surface area contributed by atoms with Crippen molar-refractivity contribution in [1.82, 2.24) is 4.98 Å². The summed E-state index contributed by atoms with van der Waals surface area (Å²) < 4.78 is 10.4. The highest BCUT2D eigenvalue weighted by Gasteiger charge is 2.26. The summed E-state index contributed by atoms with van der Waals surface area (Å²) in [6.45, 7) is 9.86. The molecule has 0 aliphatic rings. The first kappa shape index (κ1) is 21.1. The van der Waals surface area contributed by atoms with Gasteiger partial charge in [0.25, 0.3) is 0 Å². The van der Waals surface area contributed by atoms with E-state index in [-0.39, 0.29) is 13.2 Å². The van der Waals surface area contributed by atoms with E-state index < -0.39 is 11.9 Å². The third-order valence-electron chi connectivity index (χ3n) is 4.15. The molecule has 0 saturated heterocycles. The van der Waals surface area contributed by atoms with Crippen molar-refractivity contribution in [3.8, 4) is 0 Å². The van der Waals surface area contributed by atoms with Gasteiger partial charge in [-0.25, -0.2) is 9.59 Å². The zero-order valence-corrected chi connectivity index (χ0v) is 16.2. The van der Waals surface area contributed by atoms with Crippen LogP contribution in [0, 0.1) is 13.8 Å². The fourth-order valence-corrected chi connectivity index (χ4v) is 3.03. The molecule has 0 unspecified atom stereocenters. The van der Waals surface area contributed by atoms with Crippen LogP contribution in [0.5, 0.6) is 0 Å². The van der Waals surface area contributed by atoms with Gasteiger partial charge in [0.2, 0.25) is 0 Å². The lowest BCUT2D eigenvalue weighted by Crippen LogP contribution is -2.19. The Labute approximate surface area is 151 Å². The zero-order valence-electron chi connectivity index (χ0n) is 16.2. The van der Waals surface area contributed by atoms with E-state index in [1.165, 1.54) is 12.8 Å². The van der Waals surface area contributed by atoms with E-state index in [1.54, 1.807) is 27.7 Å². The highest BCUT2D eigenvalue weighted by Crippen LogP contribution is 2.25. The summed E-state index contributed by atoms with van der Waals surface area (Å²) in [6, 6.07) is 0. The molecule has 0 amide bonds. The number of nitrogens with zero attached hydrogens (tertiary/aromatic N) is 1.